The highest BCUT2D eigenvalue weighted by atomic mass is 19.1. The van der Waals surface area contributed by atoms with Crippen molar-refractivity contribution in [3.63, 3.8) is 0 Å². The van der Waals surface area contributed by atoms with Gasteiger partial charge in [-0.2, -0.15) is 0 Å². The minimum absolute atomic E-state index is 0.0127. The number of hydrogen-bond acceptors (Lipinski definition) is 2. The van der Waals surface area contributed by atoms with Crippen molar-refractivity contribution < 1.29 is 14.0 Å². The molecule has 2 N–H and O–H groups in total. The van der Waals surface area contributed by atoms with E-state index in [4.69, 9.17) is 0 Å². The molecular formula is C20H22FN3O2. The summed E-state index contributed by atoms with van der Waals surface area (Å²) in [5, 5.41) is 5.63. The van der Waals surface area contributed by atoms with Crippen LogP contribution in [0.4, 0.5) is 20.6 Å². The molecule has 3 rings (SSSR count). The summed E-state index contributed by atoms with van der Waals surface area (Å²) in [6, 6.07) is 12.6. The molecule has 1 aliphatic carbocycles. The molecule has 0 spiro atoms. The molecule has 1 saturated carbocycles. The lowest BCUT2D eigenvalue weighted by Crippen LogP contribution is -2.34. The van der Waals surface area contributed by atoms with Crippen LogP contribution >= 0.6 is 0 Å². The normalized spacial score (nSPS) is 14.4. The van der Waals surface area contributed by atoms with Crippen LogP contribution in [0.1, 0.15) is 31.4 Å². The van der Waals surface area contributed by atoms with Gasteiger partial charge in [-0.3, -0.25) is 4.79 Å². The van der Waals surface area contributed by atoms with E-state index < -0.39 is 6.04 Å². The first kappa shape index (κ1) is 17.9. The van der Waals surface area contributed by atoms with Crippen molar-refractivity contribution >= 4 is 23.3 Å². The third kappa shape index (κ3) is 4.20. The Hall–Kier alpha value is -2.89. The zero-order valence-electron chi connectivity index (χ0n) is 14.8. The fourth-order valence-electron chi connectivity index (χ4n) is 2.67. The van der Waals surface area contributed by atoms with Gasteiger partial charge >= 0.3 is 6.03 Å². The highest BCUT2D eigenvalue weighted by molar-refractivity contribution is 5.95. The van der Waals surface area contributed by atoms with E-state index in [0.717, 1.165) is 12.8 Å². The smallest absolute Gasteiger partial charge is 0.322 e. The Morgan fingerprint density at radius 2 is 1.73 bits per heavy atom. The maximum absolute atomic E-state index is 13.9. The second-order valence-corrected chi connectivity index (χ2v) is 6.58. The van der Waals surface area contributed by atoms with E-state index >= 15 is 0 Å². The van der Waals surface area contributed by atoms with Crippen molar-refractivity contribution in [2.75, 3.05) is 17.7 Å². The molecule has 0 bridgehead atoms. The third-order valence-electron chi connectivity index (χ3n) is 4.59. The summed E-state index contributed by atoms with van der Waals surface area (Å²) in [5.41, 5.74) is 1.66. The minimum atomic E-state index is -0.422. The van der Waals surface area contributed by atoms with Gasteiger partial charge in [0, 0.05) is 29.9 Å². The number of anilines is 2. The van der Waals surface area contributed by atoms with Crippen molar-refractivity contribution in [3.8, 4) is 0 Å². The summed E-state index contributed by atoms with van der Waals surface area (Å²) in [7, 11) is 1.62. The highest BCUT2D eigenvalue weighted by Crippen LogP contribution is 2.30. The molecule has 3 amide bonds. The zero-order valence-corrected chi connectivity index (χ0v) is 14.8. The molecule has 26 heavy (non-hydrogen) atoms. The minimum Gasteiger partial charge on any atom is -0.326 e. The van der Waals surface area contributed by atoms with E-state index in [1.165, 1.54) is 11.0 Å². The van der Waals surface area contributed by atoms with E-state index in [1.807, 2.05) is 0 Å². The molecule has 2 aromatic carbocycles. The zero-order chi connectivity index (χ0) is 18.7. The monoisotopic (exact) mass is 355 g/mol. The van der Waals surface area contributed by atoms with Crippen LogP contribution in [0.2, 0.25) is 0 Å². The fraction of sp³-hybridized carbons (Fsp3) is 0.300. The number of amides is 3. The van der Waals surface area contributed by atoms with Crippen molar-refractivity contribution in [3.05, 3.63) is 59.9 Å². The molecule has 0 radical (unpaired) electrons. The summed E-state index contributed by atoms with van der Waals surface area (Å²) in [6.45, 7) is 1.77. The number of nitrogens with one attached hydrogen (secondary N) is 2. The number of halogens is 1. The molecule has 1 aliphatic rings. The average Bonchev–Trinajstić information content (AvgIpc) is 3.46. The van der Waals surface area contributed by atoms with Crippen LogP contribution in [-0.2, 0) is 4.79 Å². The van der Waals surface area contributed by atoms with E-state index in [0.29, 0.717) is 16.9 Å². The first-order valence-corrected chi connectivity index (χ1v) is 8.65. The van der Waals surface area contributed by atoms with Crippen LogP contribution in [0.3, 0.4) is 0 Å². The van der Waals surface area contributed by atoms with Gasteiger partial charge in [-0.25, -0.2) is 9.18 Å². The quantitative estimate of drug-likeness (QED) is 0.835. The van der Waals surface area contributed by atoms with Gasteiger partial charge in [0.2, 0.25) is 5.91 Å². The van der Waals surface area contributed by atoms with E-state index in [-0.39, 0.29) is 23.7 Å². The predicted molar refractivity (Wildman–Crippen MR) is 99.4 cm³/mol. The van der Waals surface area contributed by atoms with Gasteiger partial charge in [-0.1, -0.05) is 24.3 Å². The van der Waals surface area contributed by atoms with Crippen LogP contribution in [-0.4, -0.2) is 23.9 Å². The molecule has 0 heterocycles. The Bertz CT molecular complexity index is 820. The van der Waals surface area contributed by atoms with Gasteiger partial charge in [0.05, 0.1) is 6.04 Å². The lowest BCUT2D eigenvalue weighted by Gasteiger charge is -2.26. The summed E-state index contributed by atoms with van der Waals surface area (Å²) in [4.78, 5) is 25.8. The van der Waals surface area contributed by atoms with Gasteiger partial charge in [0.25, 0.3) is 0 Å². The Morgan fingerprint density at radius 1 is 1.08 bits per heavy atom. The van der Waals surface area contributed by atoms with Gasteiger partial charge < -0.3 is 15.5 Å². The highest BCUT2D eigenvalue weighted by Gasteiger charge is 2.29. The number of hydrogen-bond donors (Lipinski definition) is 2. The SMILES string of the molecule is CC(c1ccccc1F)N(C)C(=O)Nc1cccc(NC(=O)C2CC2)c1. The van der Waals surface area contributed by atoms with Crippen LogP contribution in [0.15, 0.2) is 48.5 Å². The molecule has 5 nitrogen and oxygen atoms in total. The lowest BCUT2D eigenvalue weighted by atomic mass is 10.1. The van der Waals surface area contributed by atoms with Gasteiger partial charge in [-0.15, -0.1) is 0 Å². The Kier molecular flexibility index (Phi) is 5.21. The maximum Gasteiger partial charge on any atom is 0.322 e. The predicted octanol–water partition coefficient (Wildman–Crippen LogP) is 4.40. The number of urea groups is 1. The first-order chi connectivity index (χ1) is 12.5. The topological polar surface area (TPSA) is 61.4 Å². The Labute approximate surface area is 152 Å². The second-order valence-electron chi connectivity index (χ2n) is 6.58. The number of carbonyl (C=O) groups is 2. The van der Waals surface area contributed by atoms with E-state index in [2.05, 4.69) is 10.6 Å². The Morgan fingerprint density at radius 3 is 2.38 bits per heavy atom. The molecule has 0 aliphatic heterocycles. The van der Waals surface area contributed by atoms with Crippen molar-refractivity contribution in [2.45, 2.75) is 25.8 Å². The Balaban J connectivity index is 1.65. The van der Waals surface area contributed by atoms with Crippen LogP contribution in [0, 0.1) is 11.7 Å². The number of rotatable bonds is 5. The van der Waals surface area contributed by atoms with E-state index in [9.17, 15) is 14.0 Å². The fourth-order valence-corrected chi connectivity index (χ4v) is 2.67. The number of benzene rings is 2. The molecule has 2 aromatic rings. The number of nitrogens with zero attached hydrogens (tertiary/aromatic N) is 1. The average molecular weight is 355 g/mol. The summed E-state index contributed by atoms with van der Waals surface area (Å²) in [5.74, 6) is -0.218. The number of carbonyl (C=O) groups excluding carboxylic acids is 2. The van der Waals surface area contributed by atoms with Crippen LogP contribution in [0.5, 0.6) is 0 Å². The van der Waals surface area contributed by atoms with Gasteiger partial charge in [0.1, 0.15) is 5.82 Å². The molecule has 0 saturated heterocycles. The molecule has 1 atom stereocenters. The molecule has 136 valence electrons. The third-order valence-corrected chi connectivity index (χ3v) is 4.59. The van der Waals surface area contributed by atoms with Crippen LogP contribution in [0.25, 0.3) is 0 Å². The molecule has 1 unspecified atom stereocenters. The molecule has 0 aromatic heterocycles. The summed E-state index contributed by atoms with van der Waals surface area (Å²) < 4.78 is 13.9. The largest absolute Gasteiger partial charge is 0.326 e. The van der Waals surface area contributed by atoms with Gasteiger partial charge in [0.15, 0.2) is 0 Å². The lowest BCUT2D eigenvalue weighted by molar-refractivity contribution is -0.117. The molecule has 1 fully saturated rings. The first-order valence-electron chi connectivity index (χ1n) is 8.65. The van der Waals surface area contributed by atoms with Crippen molar-refractivity contribution in [2.24, 2.45) is 5.92 Å². The van der Waals surface area contributed by atoms with Crippen LogP contribution < -0.4 is 10.6 Å². The second kappa shape index (κ2) is 7.56. The maximum atomic E-state index is 13.9. The van der Waals surface area contributed by atoms with Crippen molar-refractivity contribution in [1.29, 1.82) is 0 Å². The molecular weight excluding hydrogens is 333 g/mol. The van der Waals surface area contributed by atoms with Gasteiger partial charge in [-0.05, 0) is 44.0 Å². The van der Waals surface area contributed by atoms with Crippen molar-refractivity contribution in [1.82, 2.24) is 4.90 Å². The summed E-state index contributed by atoms with van der Waals surface area (Å²) in [6.07, 6.45) is 1.86. The molecule has 6 heteroatoms. The standard InChI is InChI=1S/C20H22FN3O2/c1-13(17-8-3-4-9-18(17)21)24(2)20(26)23-16-7-5-6-15(12-16)22-19(25)14-10-11-14/h3-9,12-14H,10-11H2,1-2H3,(H,22,25)(H,23,26). The summed E-state index contributed by atoms with van der Waals surface area (Å²) >= 11 is 0. The van der Waals surface area contributed by atoms with E-state index in [1.54, 1.807) is 56.4 Å².